The number of hydrogen-bond acceptors (Lipinski definition) is 7. The predicted octanol–water partition coefficient (Wildman–Crippen LogP) is 6.03. The van der Waals surface area contributed by atoms with E-state index in [4.69, 9.17) is 5.73 Å². The summed E-state index contributed by atoms with van der Waals surface area (Å²) >= 11 is 1.16. The van der Waals surface area contributed by atoms with Crippen LogP contribution in [0.25, 0.3) is 22.4 Å². The van der Waals surface area contributed by atoms with Crippen LogP contribution in [0.4, 0.5) is 24.7 Å². The van der Waals surface area contributed by atoms with E-state index in [9.17, 15) is 33.1 Å². The number of nitriles is 1. The summed E-state index contributed by atoms with van der Waals surface area (Å²) in [5.74, 6) is -1.84. The van der Waals surface area contributed by atoms with E-state index in [1.54, 1.807) is 41.8 Å². The smallest absolute Gasteiger partial charge is 0.416 e. The zero-order valence-corrected chi connectivity index (χ0v) is 22.2. The quantitative estimate of drug-likeness (QED) is 0.217. The van der Waals surface area contributed by atoms with Crippen LogP contribution < -0.4 is 16.4 Å². The maximum Gasteiger partial charge on any atom is 0.416 e. The number of aromatic hydroxyl groups is 1. The fourth-order valence-electron chi connectivity index (χ4n) is 3.64. The highest BCUT2D eigenvalue weighted by Crippen LogP contribution is 2.39. The molecule has 4 rings (SSSR count). The van der Waals surface area contributed by atoms with Crippen molar-refractivity contribution in [1.82, 2.24) is 4.98 Å². The number of thiophene rings is 1. The second-order valence-corrected chi connectivity index (χ2v) is 9.36. The van der Waals surface area contributed by atoms with E-state index >= 15 is 0 Å². The van der Waals surface area contributed by atoms with Crippen LogP contribution in [0, 0.1) is 11.3 Å². The van der Waals surface area contributed by atoms with Gasteiger partial charge in [-0.05, 0) is 60.3 Å². The molecule has 1 unspecified atom stereocenters. The molecule has 2 aromatic carbocycles. The minimum atomic E-state index is -4.68. The molecule has 8 nitrogen and oxygen atoms in total. The van der Waals surface area contributed by atoms with Crippen molar-refractivity contribution in [3.8, 4) is 34.2 Å². The normalized spacial score (nSPS) is 11.6. The van der Waals surface area contributed by atoms with Crippen molar-refractivity contribution >= 4 is 47.1 Å². The van der Waals surface area contributed by atoms with E-state index in [2.05, 4.69) is 15.6 Å². The number of aromatic nitrogens is 1. The van der Waals surface area contributed by atoms with Gasteiger partial charge in [-0.1, -0.05) is 18.2 Å². The molecular formula is C27H21ClF3N5O3S. The number of carbonyl (C=O) groups is 2. The van der Waals surface area contributed by atoms with Crippen LogP contribution >= 0.6 is 23.7 Å². The lowest BCUT2D eigenvalue weighted by molar-refractivity contribution is -0.137. The summed E-state index contributed by atoms with van der Waals surface area (Å²) in [5.41, 5.74) is 5.53. The molecule has 13 heteroatoms. The molecule has 1 atom stereocenters. The summed E-state index contributed by atoms with van der Waals surface area (Å²) in [6.07, 6.45) is -4.68. The van der Waals surface area contributed by atoms with Crippen LogP contribution in [0.5, 0.6) is 5.75 Å². The van der Waals surface area contributed by atoms with E-state index in [1.165, 1.54) is 13.0 Å². The highest BCUT2D eigenvalue weighted by Gasteiger charge is 2.31. The van der Waals surface area contributed by atoms with Gasteiger partial charge in [0.1, 0.15) is 17.4 Å². The summed E-state index contributed by atoms with van der Waals surface area (Å²) < 4.78 is 39.5. The number of phenolic OH excluding ortho intramolecular Hbond substituents is 1. The van der Waals surface area contributed by atoms with Gasteiger partial charge in [-0.25, -0.2) is 4.98 Å². The van der Waals surface area contributed by atoms with Crippen molar-refractivity contribution in [3.05, 3.63) is 82.0 Å². The molecular weight excluding hydrogens is 567 g/mol. The maximum atomic E-state index is 13.2. The summed E-state index contributed by atoms with van der Waals surface area (Å²) in [5, 5.41) is 27.4. The van der Waals surface area contributed by atoms with Crippen LogP contribution in [0.3, 0.4) is 0 Å². The third-order valence-corrected chi connectivity index (χ3v) is 6.43. The summed E-state index contributed by atoms with van der Waals surface area (Å²) in [6, 6.07) is 14.7. The Bertz CT molecular complexity index is 1600. The van der Waals surface area contributed by atoms with Gasteiger partial charge >= 0.3 is 6.18 Å². The van der Waals surface area contributed by atoms with Gasteiger partial charge in [0.05, 0.1) is 22.2 Å². The molecule has 0 aliphatic heterocycles. The van der Waals surface area contributed by atoms with Gasteiger partial charge < -0.3 is 21.5 Å². The molecule has 0 spiro atoms. The number of carbonyl (C=O) groups excluding carboxylic acids is 2. The van der Waals surface area contributed by atoms with E-state index in [0.29, 0.717) is 22.2 Å². The van der Waals surface area contributed by atoms with Crippen LogP contribution in [-0.4, -0.2) is 27.9 Å². The fourth-order valence-corrected chi connectivity index (χ4v) is 4.26. The lowest BCUT2D eigenvalue weighted by atomic mass is 9.97. The minimum absolute atomic E-state index is 0. The first-order valence-corrected chi connectivity index (χ1v) is 12.2. The third kappa shape index (κ3) is 6.58. The van der Waals surface area contributed by atoms with Gasteiger partial charge in [0.2, 0.25) is 5.91 Å². The summed E-state index contributed by atoms with van der Waals surface area (Å²) in [7, 11) is 0. The molecule has 0 bridgehead atoms. The number of anilines is 2. The van der Waals surface area contributed by atoms with Crippen molar-refractivity contribution < 1.29 is 27.9 Å². The van der Waals surface area contributed by atoms with E-state index < -0.39 is 35.3 Å². The molecule has 0 saturated heterocycles. The number of nitrogens with one attached hydrogen (secondary N) is 2. The van der Waals surface area contributed by atoms with E-state index in [-0.39, 0.29) is 40.6 Å². The standard InChI is InChI=1S/C27H20F3N5O3S.ClH/c1-14(32)25(37)33-17-5-2-4-15(10-17)19-12-21(18-8-7-16(11-22(18)36)27(28,29)30)34-24(20(19)13-31)35-26(38)23-6-3-9-39-23;/h2-12,14,36H,32H2,1H3,(H,33,37)(H,34,35,38);1H. The number of pyridine rings is 1. The second-order valence-electron chi connectivity index (χ2n) is 8.41. The molecule has 5 N–H and O–H groups in total. The molecule has 0 fully saturated rings. The summed E-state index contributed by atoms with van der Waals surface area (Å²) in [6.45, 7) is 1.52. The van der Waals surface area contributed by atoms with Crippen LogP contribution in [-0.2, 0) is 11.0 Å². The molecule has 2 aromatic heterocycles. The lowest BCUT2D eigenvalue weighted by Crippen LogP contribution is -2.32. The number of rotatable bonds is 6. The number of amides is 2. The second kappa shape index (κ2) is 12.2. The first-order valence-electron chi connectivity index (χ1n) is 11.4. The number of benzene rings is 2. The van der Waals surface area contributed by atoms with Gasteiger partial charge in [0.15, 0.2) is 5.82 Å². The molecule has 206 valence electrons. The average molecular weight is 588 g/mol. The van der Waals surface area contributed by atoms with Crippen molar-refractivity contribution in [3.63, 3.8) is 0 Å². The molecule has 4 aromatic rings. The number of halogens is 4. The topological polar surface area (TPSA) is 141 Å². The van der Waals surface area contributed by atoms with Crippen molar-refractivity contribution in [1.29, 1.82) is 5.26 Å². The van der Waals surface area contributed by atoms with Crippen molar-refractivity contribution in [2.24, 2.45) is 5.73 Å². The number of hydrogen-bond donors (Lipinski definition) is 4. The van der Waals surface area contributed by atoms with Crippen LogP contribution in [0.1, 0.15) is 27.7 Å². The molecule has 0 aliphatic rings. The number of nitrogens with two attached hydrogens (primary N) is 1. The first-order chi connectivity index (χ1) is 18.5. The Morgan fingerprint density at radius 1 is 1.07 bits per heavy atom. The number of nitrogens with zero attached hydrogens (tertiary/aromatic N) is 2. The minimum Gasteiger partial charge on any atom is -0.507 e. The Morgan fingerprint density at radius 2 is 1.82 bits per heavy atom. The Morgan fingerprint density at radius 3 is 2.42 bits per heavy atom. The molecule has 40 heavy (non-hydrogen) atoms. The lowest BCUT2D eigenvalue weighted by Gasteiger charge is -2.16. The van der Waals surface area contributed by atoms with Crippen molar-refractivity contribution in [2.45, 2.75) is 19.1 Å². The summed E-state index contributed by atoms with van der Waals surface area (Å²) in [4.78, 5) is 29.6. The van der Waals surface area contributed by atoms with Crippen molar-refractivity contribution in [2.75, 3.05) is 10.6 Å². The van der Waals surface area contributed by atoms with Gasteiger partial charge in [-0.2, -0.15) is 18.4 Å². The molecule has 0 saturated carbocycles. The highest BCUT2D eigenvalue weighted by molar-refractivity contribution is 7.12. The zero-order valence-electron chi connectivity index (χ0n) is 20.6. The zero-order chi connectivity index (χ0) is 28.3. The Kier molecular flexibility index (Phi) is 9.16. The molecule has 2 amide bonds. The first kappa shape index (κ1) is 30.1. The number of phenols is 1. The molecule has 0 radical (unpaired) electrons. The Labute approximate surface area is 236 Å². The SMILES string of the molecule is CC(N)C(=O)Nc1cccc(-c2cc(-c3ccc(C(F)(F)F)cc3O)nc(NC(=O)c3cccs3)c2C#N)c1.Cl. The fraction of sp³-hybridized carbons (Fsp3) is 0.111. The maximum absolute atomic E-state index is 13.2. The van der Waals surface area contributed by atoms with Gasteiger partial charge in [0, 0.05) is 16.8 Å². The monoisotopic (exact) mass is 587 g/mol. The number of alkyl halides is 3. The molecule has 2 heterocycles. The molecule has 0 aliphatic carbocycles. The third-order valence-electron chi connectivity index (χ3n) is 5.56. The Hall–Kier alpha value is -4.44. The Balaban J connectivity index is 0.00000441. The van der Waals surface area contributed by atoms with Crippen LogP contribution in [0.15, 0.2) is 66.0 Å². The van der Waals surface area contributed by atoms with Gasteiger partial charge in [-0.15, -0.1) is 23.7 Å². The predicted molar refractivity (Wildman–Crippen MR) is 148 cm³/mol. The van der Waals surface area contributed by atoms with E-state index in [0.717, 1.165) is 23.5 Å². The van der Waals surface area contributed by atoms with Gasteiger partial charge in [0.25, 0.3) is 5.91 Å². The van der Waals surface area contributed by atoms with E-state index in [1.807, 2.05) is 6.07 Å². The van der Waals surface area contributed by atoms with Crippen LogP contribution in [0.2, 0.25) is 0 Å². The highest BCUT2D eigenvalue weighted by atomic mass is 35.5. The average Bonchev–Trinajstić information content (AvgIpc) is 3.43. The van der Waals surface area contributed by atoms with Gasteiger partial charge in [-0.3, -0.25) is 9.59 Å². The largest absolute Gasteiger partial charge is 0.507 e.